The number of amides is 1. The average Bonchev–Trinajstić information content (AvgIpc) is 3.12. The molecule has 0 aliphatic carbocycles. The first kappa shape index (κ1) is 18.1. The van der Waals surface area contributed by atoms with Crippen LogP contribution in [-0.4, -0.2) is 62.9 Å². The van der Waals surface area contributed by atoms with Gasteiger partial charge in [0.25, 0.3) is 0 Å². The highest BCUT2D eigenvalue weighted by Gasteiger charge is 2.31. The van der Waals surface area contributed by atoms with Crippen molar-refractivity contribution in [2.75, 3.05) is 26.3 Å². The Balaban J connectivity index is 1.61. The zero-order valence-corrected chi connectivity index (χ0v) is 15.5. The molecule has 2 aliphatic rings. The van der Waals surface area contributed by atoms with Gasteiger partial charge in [-0.2, -0.15) is 4.68 Å². The second kappa shape index (κ2) is 8.14. The third kappa shape index (κ3) is 4.17. The zero-order chi connectivity index (χ0) is 18.6. The summed E-state index contributed by atoms with van der Waals surface area (Å²) in [7, 11) is 0. The molecule has 1 atom stereocenters. The van der Waals surface area contributed by atoms with Crippen molar-refractivity contribution < 1.29 is 9.53 Å². The lowest BCUT2D eigenvalue weighted by Gasteiger charge is -2.39. The van der Waals surface area contributed by atoms with Crippen LogP contribution in [0.1, 0.15) is 43.3 Å². The summed E-state index contributed by atoms with van der Waals surface area (Å²) in [6.45, 7) is 3.76. The van der Waals surface area contributed by atoms with Gasteiger partial charge in [0.05, 0.1) is 6.42 Å². The van der Waals surface area contributed by atoms with Gasteiger partial charge in [0.15, 0.2) is 11.6 Å². The summed E-state index contributed by atoms with van der Waals surface area (Å²) in [6.07, 6.45) is 6.15. The fraction of sp³-hybridized carbons (Fsp3) is 0.579. The Bertz CT molecular complexity index is 772. The molecule has 0 radical (unpaired) electrons. The number of primary amides is 1. The van der Waals surface area contributed by atoms with Gasteiger partial charge >= 0.3 is 0 Å². The topological polar surface area (TPSA) is 99.2 Å². The lowest BCUT2D eigenvalue weighted by molar-refractivity contribution is -0.117. The number of carbonyl (C=O) groups is 1. The van der Waals surface area contributed by atoms with Crippen molar-refractivity contribution in [1.29, 1.82) is 0 Å². The summed E-state index contributed by atoms with van der Waals surface area (Å²) in [4.78, 5) is 23.0. The van der Waals surface area contributed by atoms with E-state index in [1.807, 2.05) is 18.2 Å². The molecule has 2 N–H and O–H groups in total. The van der Waals surface area contributed by atoms with Crippen LogP contribution < -0.4 is 5.73 Å². The van der Waals surface area contributed by atoms with Crippen LogP contribution in [-0.2, 0) is 16.0 Å². The number of pyridine rings is 1. The Hall–Kier alpha value is -2.32. The standard InChI is InChI=1S/C19H26N6O2/c20-16(26)12-17-22-19(25(23-17)18-5-1-2-8-21-18)14-4-3-9-24(13-14)15-6-10-27-11-7-15/h1-2,5,8,14-15H,3-4,6-7,9-13H2,(H2,20,26). The monoisotopic (exact) mass is 370 g/mol. The quantitative estimate of drug-likeness (QED) is 0.844. The average molecular weight is 370 g/mol. The smallest absolute Gasteiger partial charge is 0.225 e. The van der Waals surface area contributed by atoms with E-state index in [9.17, 15) is 4.79 Å². The molecule has 2 aromatic rings. The maximum absolute atomic E-state index is 11.4. The number of nitrogens with two attached hydrogens (primary N) is 1. The summed E-state index contributed by atoms with van der Waals surface area (Å²) in [6, 6.07) is 6.29. The van der Waals surface area contributed by atoms with Gasteiger partial charge in [-0.25, -0.2) is 9.97 Å². The molecule has 8 nitrogen and oxygen atoms in total. The summed E-state index contributed by atoms with van der Waals surface area (Å²) in [5.74, 6) is 1.90. The lowest BCUT2D eigenvalue weighted by Crippen LogP contribution is -2.45. The van der Waals surface area contributed by atoms with Gasteiger partial charge in [0.2, 0.25) is 5.91 Å². The van der Waals surface area contributed by atoms with E-state index in [4.69, 9.17) is 10.5 Å². The number of piperidine rings is 1. The van der Waals surface area contributed by atoms with E-state index in [1.54, 1.807) is 10.9 Å². The molecule has 2 aromatic heterocycles. The Kier molecular flexibility index (Phi) is 5.45. The minimum Gasteiger partial charge on any atom is -0.381 e. The van der Waals surface area contributed by atoms with Gasteiger partial charge in [-0.1, -0.05) is 6.07 Å². The number of ether oxygens (including phenoxy) is 1. The van der Waals surface area contributed by atoms with Crippen LogP contribution in [0.3, 0.4) is 0 Å². The van der Waals surface area contributed by atoms with E-state index in [1.165, 1.54) is 0 Å². The molecule has 1 unspecified atom stereocenters. The first-order valence-electron chi connectivity index (χ1n) is 9.68. The molecule has 0 spiro atoms. The normalized spacial score (nSPS) is 22.0. The van der Waals surface area contributed by atoms with Crippen LogP contribution >= 0.6 is 0 Å². The molecule has 144 valence electrons. The van der Waals surface area contributed by atoms with Crippen LogP contribution in [0.15, 0.2) is 24.4 Å². The van der Waals surface area contributed by atoms with Crippen LogP contribution in [0, 0.1) is 0 Å². The van der Waals surface area contributed by atoms with Crippen molar-refractivity contribution in [3.63, 3.8) is 0 Å². The molecular formula is C19H26N6O2. The third-order valence-corrected chi connectivity index (χ3v) is 5.40. The van der Waals surface area contributed by atoms with Crippen molar-refractivity contribution in [3.8, 4) is 5.82 Å². The second-order valence-corrected chi connectivity index (χ2v) is 7.31. The van der Waals surface area contributed by atoms with Gasteiger partial charge in [0, 0.05) is 37.9 Å². The van der Waals surface area contributed by atoms with E-state index in [-0.39, 0.29) is 12.3 Å². The molecule has 2 fully saturated rings. The summed E-state index contributed by atoms with van der Waals surface area (Å²) < 4.78 is 7.30. The van der Waals surface area contributed by atoms with Gasteiger partial charge in [0.1, 0.15) is 5.82 Å². The van der Waals surface area contributed by atoms with Crippen LogP contribution in [0.5, 0.6) is 0 Å². The Morgan fingerprint density at radius 3 is 2.85 bits per heavy atom. The van der Waals surface area contributed by atoms with Crippen molar-refractivity contribution in [2.24, 2.45) is 5.73 Å². The predicted molar refractivity (Wildman–Crippen MR) is 99.4 cm³/mol. The summed E-state index contributed by atoms with van der Waals surface area (Å²) in [5.41, 5.74) is 5.36. The molecule has 0 saturated carbocycles. The fourth-order valence-electron chi connectivity index (χ4n) is 4.11. The molecule has 0 aromatic carbocycles. The molecule has 27 heavy (non-hydrogen) atoms. The SMILES string of the molecule is NC(=O)Cc1nc(C2CCCN(C3CCOCC3)C2)n(-c2ccccn2)n1. The first-order valence-corrected chi connectivity index (χ1v) is 9.68. The Morgan fingerprint density at radius 2 is 2.11 bits per heavy atom. The molecule has 8 heteroatoms. The van der Waals surface area contributed by atoms with E-state index in [0.717, 1.165) is 63.6 Å². The van der Waals surface area contributed by atoms with Gasteiger partial charge in [-0.3, -0.25) is 9.69 Å². The minimum atomic E-state index is -0.424. The third-order valence-electron chi connectivity index (χ3n) is 5.40. The van der Waals surface area contributed by atoms with Crippen LogP contribution in [0.25, 0.3) is 5.82 Å². The van der Waals surface area contributed by atoms with E-state index < -0.39 is 5.91 Å². The molecule has 4 heterocycles. The Labute approximate surface area is 158 Å². The molecule has 2 aliphatic heterocycles. The number of hydrogen-bond donors (Lipinski definition) is 1. The molecular weight excluding hydrogens is 344 g/mol. The molecule has 0 bridgehead atoms. The predicted octanol–water partition coefficient (Wildman–Crippen LogP) is 1.05. The van der Waals surface area contributed by atoms with E-state index in [0.29, 0.717) is 11.9 Å². The maximum Gasteiger partial charge on any atom is 0.225 e. The molecule has 1 amide bonds. The zero-order valence-electron chi connectivity index (χ0n) is 15.5. The van der Waals surface area contributed by atoms with Crippen LogP contribution in [0.4, 0.5) is 0 Å². The minimum absolute atomic E-state index is 0.0449. The Morgan fingerprint density at radius 1 is 1.26 bits per heavy atom. The highest BCUT2D eigenvalue weighted by molar-refractivity contribution is 5.75. The van der Waals surface area contributed by atoms with Crippen molar-refractivity contribution in [1.82, 2.24) is 24.6 Å². The number of carbonyl (C=O) groups excluding carboxylic acids is 1. The summed E-state index contributed by atoms with van der Waals surface area (Å²) >= 11 is 0. The number of aromatic nitrogens is 4. The number of hydrogen-bond acceptors (Lipinski definition) is 6. The second-order valence-electron chi connectivity index (χ2n) is 7.31. The fourth-order valence-corrected chi connectivity index (χ4v) is 4.11. The molecule has 2 saturated heterocycles. The number of nitrogens with zero attached hydrogens (tertiary/aromatic N) is 5. The van der Waals surface area contributed by atoms with Crippen LogP contribution in [0.2, 0.25) is 0 Å². The van der Waals surface area contributed by atoms with E-state index >= 15 is 0 Å². The highest BCUT2D eigenvalue weighted by Crippen LogP contribution is 2.30. The maximum atomic E-state index is 11.4. The summed E-state index contributed by atoms with van der Waals surface area (Å²) in [5, 5.41) is 4.54. The van der Waals surface area contributed by atoms with Gasteiger partial charge in [-0.05, 0) is 44.4 Å². The first-order chi connectivity index (χ1) is 13.2. The lowest BCUT2D eigenvalue weighted by atomic mass is 9.94. The number of likely N-dealkylation sites (tertiary alicyclic amines) is 1. The largest absolute Gasteiger partial charge is 0.381 e. The van der Waals surface area contributed by atoms with Gasteiger partial charge < -0.3 is 10.5 Å². The van der Waals surface area contributed by atoms with Crippen molar-refractivity contribution >= 4 is 5.91 Å². The van der Waals surface area contributed by atoms with Gasteiger partial charge in [-0.15, -0.1) is 5.10 Å². The number of rotatable bonds is 5. The van der Waals surface area contributed by atoms with Crippen molar-refractivity contribution in [3.05, 3.63) is 36.0 Å². The van der Waals surface area contributed by atoms with Crippen molar-refractivity contribution in [2.45, 2.75) is 44.1 Å². The highest BCUT2D eigenvalue weighted by atomic mass is 16.5. The van der Waals surface area contributed by atoms with E-state index in [2.05, 4.69) is 20.0 Å². The molecule has 4 rings (SSSR count).